The standard InChI is InChI=1S/C37H34N2O4/c40-36(38-26-29-16-20-35(21-17-29)43-28-31-12-6-2-7-13-31)32-18-22-34(23-19-32)42-25-24-39(27-30-10-4-1-5-11-30)37(41)33-14-8-3-9-15-33/h1-23H,24-28H2,(H,38,40). The summed E-state index contributed by atoms with van der Waals surface area (Å²) in [5, 5.41) is 2.96. The largest absolute Gasteiger partial charge is 0.492 e. The van der Waals surface area contributed by atoms with Gasteiger partial charge in [-0.25, -0.2) is 0 Å². The number of ether oxygens (including phenoxy) is 2. The number of nitrogens with zero attached hydrogens (tertiary/aromatic N) is 1. The third-order valence-electron chi connectivity index (χ3n) is 6.90. The van der Waals surface area contributed by atoms with E-state index in [2.05, 4.69) is 5.32 Å². The molecule has 0 heterocycles. The highest BCUT2D eigenvalue weighted by Gasteiger charge is 2.16. The van der Waals surface area contributed by atoms with Crippen LogP contribution in [0, 0.1) is 0 Å². The van der Waals surface area contributed by atoms with E-state index in [-0.39, 0.29) is 11.8 Å². The van der Waals surface area contributed by atoms with Crippen LogP contribution >= 0.6 is 0 Å². The van der Waals surface area contributed by atoms with Crippen molar-refractivity contribution in [3.63, 3.8) is 0 Å². The highest BCUT2D eigenvalue weighted by Crippen LogP contribution is 2.16. The van der Waals surface area contributed by atoms with Gasteiger partial charge in [-0.15, -0.1) is 0 Å². The Hall–Kier alpha value is -5.36. The maximum atomic E-state index is 13.2. The smallest absolute Gasteiger partial charge is 0.254 e. The average Bonchev–Trinajstić information content (AvgIpc) is 3.07. The van der Waals surface area contributed by atoms with Crippen molar-refractivity contribution in [2.75, 3.05) is 13.2 Å². The van der Waals surface area contributed by atoms with Gasteiger partial charge in [0.1, 0.15) is 24.7 Å². The quantitative estimate of drug-likeness (QED) is 0.167. The van der Waals surface area contributed by atoms with E-state index in [4.69, 9.17) is 9.47 Å². The minimum absolute atomic E-state index is 0.0468. The first-order valence-corrected chi connectivity index (χ1v) is 14.3. The molecule has 0 bridgehead atoms. The Kier molecular flexibility index (Phi) is 10.2. The van der Waals surface area contributed by atoms with Crippen molar-refractivity contribution in [3.05, 3.63) is 167 Å². The first-order chi connectivity index (χ1) is 21.1. The highest BCUT2D eigenvalue weighted by atomic mass is 16.5. The Bertz CT molecular complexity index is 1570. The zero-order valence-corrected chi connectivity index (χ0v) is 23.9. The van der Waals surface area contributed by atoms with Crippen molar-refractivity contribution < 1.29 is 19.1 Å². The van der Waals surface area contributed by atoms with Crippen LogP contribution in [0.1, 0.15) is 37.4 Å². The summed E-state index contributed by atoms with van der Waals surface area (Å²) in [6.07, 6.45) is 0. The van der Waals surface area contributed by atoms with Crippen LogP contribution in [0.15, 0.2) is 140 Å². The average molecular weight is 571 g/mol. The summed E-state index contributed by atoms with van der Waals surface area (Å²) in [7, 11) is 0. The van der Waals surface area contributed by atoms with Gasteiger partial charge in [0.25, 0.3) is 11.8 Å². The lowest BCUT2D eigenvalue weighted by molar-refractivity contribution is 0.0716. The molecule has 6 heteroatoms. The second-order valence-corrected chi connectivity index (χ2v) is 10.1. The molecule has 0 aliphatic rings. The zero-order valence-electron chi connectivity index (χ0n) is 23.9. The van der Waals surface area contributed by atoms with Crippen molar-refractivity contribution in [3.8, 4) is 11.5 Å². The van der Waals surface area contributed by atoms with Gasteiger partial charge in [-0.3, -0.25) is 9.59 Å². The van der Waals surface area contributed by atoms with Gasteiger partial charge in [0.2, 0.25) is 0 Å². The lowest BCUT2D eigenvalue weighted by Gasteiger charge is -2.23. The molecule has 0 spiro atoms. The fourth-order valence-electron chi connectivity index (χ4n) is 4.52. The Morgan fingerprint density at radius 3 is 1.77 bits per heavy atom. The van der Waals surface area contributed by atoms with E-state index in [1.165, 1.54) is 0 Å². The lowest BCUT2D eigenvalue weighted by atomic mass is 10.1. The molecule has 0 saturated carbocycles. The fourth-order valence-corrected chi connectivity index (χ4v) is 4.52. The summed E-state index contributed by atoms with van der Waals surface area (Å²) >= 11 is 0. The van der Waals surface area contributed by atoms with Crippen molar-refractivity contribution >= 4 is 11.8 Å². The van der Waals surface area contributed by atoms with Gasteiger partial charge >= 0.3 is 0 Å². The molecule has 0 aliphatic heterocycles. The summed E-state index contributed by atoms with van der Waals surface area (Å²) in [6.45, 7) is 2.14. The predicted molar refractivity (Wildman–Crippen MR) is 168 cm³/mol. The topological polar surface area (TPSA) is 67.9 Å². The molecule has 0 aromatic heterocycles. The van der Waals surface area contributed by atoms with Crippen molar-refractivity contribution in [2.45, 2.75) is 19.7 Å². The molecule has 0 radical (unpaired) electrons. The van der Waals surface area contributed by atoms with Crippen LogP contribution in [0.2, 0.25) is 0 Å². The first-order valence-electron chi connectivity index (χ1n) is 14.3. The molecule has 5 aromatic rings. The first kappa shape index (κ1) is 29.1. The van der Waals surface area contributed by atoms with Gasteiger partial charge in [0.05, 0.1) is 6.54 Å². The molecular formula is C37H34N2O4. The molecule has 0 unspecified atom stereocenters. The van der Waals surface area contributed by atoms with Crippen molar-refractivity contribution in [1.29, 1.82) is 0 Å². The summed E-state index contributed by atoms with van der Waals surface area (Å²) < 4.78 is 11.8. The normalized spacial score (nSPS) is 10.5. The van der Waals surface area contributed by atoms with E-state index < -0.39 is 0 Å². The van der Waals surface area contributed by atoms with Crippen LogP contribution < -0.4 is 14.8 Å². The number of amides is 2. The Balaban J connectivity index is 1.09. The molecule has 216 valence electrons. The van der Waals surface area contributed by atoms with Gasteiger partial charge < -0.3 is 19.7 Å². The van der Waals surface area contributed by atoms with Gasteiger partial charge in [-0.1, -0.05) is 91.0 Å². The number of carbonyl (C=O) groups excluding carboxylic acids is 2. The van der Waals surface area contributed by atoms with Crippen LogP contribution in [0.4, 0.5) is 0 Å². The van der Waals surface area contributed by atoms with Gasteiger partial charge in [0, 0.05) is 24.2 Å². The second kappa shape index (κ2) is 15.0. The molecule has 6 nitrogen and oxygen atoms in total. The summed E-state index contributed by atoms with van der Waals surface area (Å²) in [6, 6.07) is 43.9. The van der Waals surface area contributed by atoms with E-state index in [0.717, 1.165) is 22.4 Å². The van der Waals surface area contributed by atoms with Crippen LogP contribution in [0.3, 0.4) is 0 Å². The van der Waals surface area contributed by atoms with Crippen LogP contribution in [0.25, 0.3) is 0 Å². The number of hydrogen-bond donors (Lipinski definition) is 1. The zero-order chi connectivity index (χ0) is 29.7. The van der Waals surface area contributed by atoms with E-state index in [0.29, 0.717) is 49.7 Å². The SMILES string of the molecule is O=C(NCc1ccc(OCc2ccccc2)cc1)c1ccc(OCCN(Cc2ccccc2)C(=O)c2ccccc2)cc1. The Morgan fingerprint density at radius 2 is 1.12 bits per heavy atom. The number of rotatable bonds is 13. The van der Waals surface area contributed by atoms with E-state index in [1.807, 2.05) is 115 Å². The molecule has 0 saturated heterocycles. The highest BCUT2D eigenvalue weighted by molar-refractivity contribution is 5.94. The minimum atomic E-state index is -0.168. The van der Waals surface area contributed by atoms with E-state index in [1.54, 1.807) is 29.2 Å². The summed E-state index contributed by atoms with van der Waals surface area (Å²) in [5.74, 6) is 1.20. The lowest BCUT2D eigenvalue weighted by Crippen LogP contribution is -2.34. The molecule has 5 aromatic carbocycles. The molecule has 43 heavy (non-hydrogen) atoms. The molecule has 0 aliphatic carbocycles. The minimum Gasteiger partial charge on any atom is -0.492 e. The third-order valence-corrected chi connectivity index (χ3v) is 6.90. The molecule has 5 rings (SSSR count). The molecule has 1 N–H and O–H groups in total. The fraction of sp³-hybridized carbons (Fsp3) is 0.135. The van der Waals surface area contributed by atoms with E-state index in [9.17, 15) is 9.59 Å². The van der Waals surface area contributed by atoms with Crippen LogP contribution in [0.5, 0.6) is 11.5 Å². The second-order valence-electron chi connectivity index (χ2n) is 10.1. The summed E-state index contributed by atoms with van der Waals surface area (Å²) in [4.78, 5) is 27.7. The molecule has 0 fully saturated rings. The summed E-state index contributed by atoms with van der Waals surface area (Å²) in [5.41, 5.74) is 4.32. The molecule has 0 atom stereocenters. The van der Waals surface area contributed by atoms with Crippen molar-refractivity contribution in [2.24, 2.45) is 0 Å². The number of carbonyl (C=O) groups is 2. The number of nitrogens with one attached hydrogen (secondary N) is 1. The molecular weight excluding hydrogens is 536 g/mol. The third kappa shape index (κ3) is 8.81. The van der Waals surface area contributed by atoms with Crippen molar-refractivity contribution in [1.82, 2.24) is 10.2 Å². The number of benzene rings is 5. The predicted octanol–water partition coefficient (Wildman–Crippen LogP) is 6.92. The van der Waals surface area contributed by atoms with E-state index >= 15 is 0 Å². The van der Waals surface area contributed by atoms with Crippen LogP contribution in [-0.4, -0.2) is 29.9 Å². The van der Waals surface area contributed by atoms with Gasteiger partial charge in [0.15, 0.2) is 0 Å². The number of hydrogen-bond acceptors (Lipinski definition) is 4. The van der Waals surface area contributed by atoms with Crippen LogP contribution in [-0.2, 0) is 19.7 Å². The monoisotopic (exact) mass is 570 g/mol. The maximum absolute atomic E-state index is 13.2. The molecule has 2 amide bonds. The van der Waals surface area contributed by atoms with Gasteiger partial charge in [-0.05, 0) is 65.2 Å². The van der Waals surface area contributed by atoms with Gasteiger partial charge in [-0.2, -0.15) is 0 Å². The Labute approximate surface area is 252 Å². The Morgan fingerprint density at radius 1 is 0.558 bits per heavy atom. The maximum Gasteiger partial charge on any atom is 0.254 e.